The maximum absolute atomic E-state index is 15.3. The van der Waals surface area contributed by atoms with Crippen LogP contribution in [0.1, 0.15) is 68.1 Å². The molecule has 10 heteroatoms. The predicted molar refractivity (Wildman–Crippen MR) is 147 cm³/mol. The zero-order valence-electron chi connectivity index (χ0n) is 21.9. The van der Waals surface area contributed by atoms with E-state index in [0.717, 1.165) is 19.3 Å². The molecule has 1 aliphatic heterocycles. The van der Waals surface area contributed by atoms with Crippen LogP contribution in [0, 0.1) is 29.9 Å². The van der Waals surface area contributed by atoms with Gasteiger partial charge in [-0.3, -0.25) is 0 Å². The van der Waals surface area contributed by atoms with Crippen LogP contribution in [-0.4, -0.2) is 22.8 Å². The van der Waals surface area contributed by atoms with Crippen LogP contribution in [0.5, 0.6) is 0 Å². The zero-order valence-corrected chi connectivity index (χ0v) is 24.8. The molecule has 1 aromatic carbocycles. The number of hydrogen-bond donors (Lipinski definition) is 1. The van der Waals surface area contributed by atoms with E-state index in [-0.39, 0.29) is 5.69 Å². The number of nitrogens with one attached hydrogen (secondary N) is 1. The number of unbranched alkanes of at least 4 members (excludes halogenated alkanes) is 3. The number of pyridine rings is 2. The Morgan fingerprint density at radius 1 is 1.13 bits per heavy atom. The number of ether oxygens (including phenoxy) is 1. The number of aliphatic imine (C=N–C) groups is 1. The fourth-order valence-electron chi connectivity index (χ4n) is 4.07. The Kier molecular flexibility index (Phi) is 9.86. The summed E-state index contributed by atoms with van der Waals surface area (Å²) in [4.78, 5) is 13.5. The molecule has 6 nitrogen and oxygen atoms in total. The number of halogens is 4. The summed E-state index contributed by atoms with van der Waals surface area (Å²) in [5.74, 6) is -0.446. The molecule has 0 amide bonds. The Morgan fingerprint density at radius 2 is 1.95 bits per heavy atom. The molecule has 204 valence electrons. The Morgan fingerprint density at radius 3 is 2.72 bits per heavy atom. The molecular formula is C29H28ClF2IN5O-. The van der Waals surface area contributed by atoms with Gasteiger partial charge >= 0.3 is 238 Å². The topological polar surface area (TPSA) is 83.2 Å². The summed E-state index contributed by atoms with van der Waals surface area (Å²) in [6, 6.07) is 6.95. The zero-order chi connectivity index (χ0) is 27.9. The number of allylic oxidation sites excluding steroid dienone is 1. The third kappa shape index (κ3) is 6.92. The van der Waals surface area contributed by atoms with Crippen molar-refractivity contribution in [2.45, 2.75) is 52.5 Å². The standard InChI is InChI=1S/C29H28ClF2IN5O/c1-4-5-6-7-10-39-25-14-33-13-20(16-35-25)27-23(32)12-24-28(38-27)29(26(30)18(3)36-24)37-17(2)21-11-19(15-34)8-9-22(21)31/h8-9,11-14,16-17H,4-7,10H2,1-3H3,(H,36,37)/q-1/t17-/m1/s1. The van der Waals surface area contributed by atoms with Gasteiger partial charge in [0.25, 0.3) is 0 Å². The number of aryl methyl sites for hydroxylation is 1. The average molecular weight is 663 g/mol. The number of anilines is 1. The summed E-state index contributed by atoms with van der Waals surface area (Å²) in [5, 5.41) is 12.8. The van der Waals surface area contributed by atoms with Gasteiger partial charge < -0.3 is 0 Å². The van der Waals surface area contributed by atoms with Crippen molar-refractivity contribution in [2.24, 2.45) is 4.99 Å². The number of nitriles is 1. The Balaban J connectivity index is 1.65. The van der Waals surface area contributed by atoms with E-state index in [0.29, 0.717) is 56.6 Å². The fraction of sp³-hybridized carbons (Fsp3) is 0.310. The summed E-state index contributed by atoms with van der Waals surface area (Å²) in [6.45, 7) is 6.22. The van der Waals surface area contributed by atoms with Crippen LogP contribution in [0.3, 0.4) is 0 Å². The molecule has 0 radical (unpaired) electrons. The van der Waals surface area contributed by atoms with Crippen LogP contribution in [-0.2, 0) is 4.74 Å². The number of nitrogens with zero attached hydrogens (tertiary/aromatic N) is 4. The second kappa shape index (κ2) is 13.3. The molecule has 1 atom stereocenters. The summed E-state index contributed by atoms with van der Waals surface area (Å²) in [7, 11) is 0. The minimum absolute atomic E-state index is 0.124. The van der Waals surface area contributed by atoms with Crippen LogP contribution in [0.25, 0.3) is 16.6 Å². The van der Waals surface area contributed by atoms with E-state index in [4.69, 9.17) is 16.3 Å². The predicted octanol–water partition coefficient (Wildman–Crippen LogP) is 4.82. The summed E-state index contributed by atoms with van der Waals surface area (Å²) >= 11 is 6.06. The van der Waals surface area contributed by atoms with E-state index >= 15 is 4.39 Å². The van der Waals surface area contributed by atoms with Crippen LogP contribution in [0.4, 0.5) is 14.5 Å². The van der Waals surface area contributed by atoms with E-state index in [9.17, 15) is 9.65 Å². The van der Waals surface area contributed by atoms with Crippen molar-refractivity contribution in [3.05, 3.63) is 77.5 Å². The third-order valence-corrected chi connectivity index (χ3v) is 8.54. The molecule has 0 unspecified atom stereocenters. The normalized spacial score (nSPS) is 14.1. The first-order chi connectivity index (χ1) is 18.8. The summed E-state index contributed by atoms with van der Waals surface area (Å²) in [6.07, 6.45) is 5.98. The molecule has 0 saturated carbocycles. The Bertz CT molecular complexity index is 1520. The van der Waals surface area contributed by atoms with Gasteiger partial charge in [0, 0.05) is 0 Å². The second-order valence-electron chi connectivity index (χ2n) is 9.09. The number of fused-ring (bicyclic) bond motifs is 1. The fourth-order valence-corrected chi connectivity index (χ4v) is 5.92. The van der Waals surface area contributed by atoms with Gasteiger partial charge in [-0.25, -0.2) is 0 Å². The van der Waals surface area contributed by atoms with Crippen molar-refractivity contribution in [1.82, 2.24) is 9.97 Å². The first-order valence-corrected chi connectivity index (χ1v) is 15.5. The molecule has 2 aromatic heterocycles. The maximum atomic E-state index is 15.3. The van der Waals surface area contributed by atoms with Crippen molar-refractivity contribution >= 4 is 40.1 Å². The van der Waals surface area contributed by atoms with E-state index in [1.54, 1.807) is 20.1 Å². The molecule has 0 fully saturated rings. The molecule has 0 spiro atoms. The average Bonchev–Trinajstić information content (AvgIpc) is 3.16. The molecule has 39 heavy (non-hydrogen) atoms. The SMILES string of the molecule is CCCCCCOC1=C[I-]C=C(c2nc3c(N[C@H](C)c4cc(C#N)ccc4F)c(Cl)c(C)nc3cc2F)C=N1. The summed E-state index contributed by atoms with van der Waals surface area (Å²) in [5.41, 5.74) is 2.86. The van der Waals surface area contributed by atoms with E-state index in [2.05, 4.69) is 27.2 Å². The molecule has 1 N–H and O–H groups in total. The van der Waals surface area contributed by atoms with Crippen molar-refractivity contribution in [2.75, 3.05) is 11.9 Å². The van der Waals surface area contributed by atoms with Crippen LogP contribution in [0.15, 0.2) is 43.3 Å². The van der Waals surface area contributed by atoms with Gasteiger partial charge in [0.05, 0.1) is 0 Å². The monoisotopic (exact) mass is 662 g/mol. The van der Waals surface area contributed by atoms with Gasteiger partial charge in [0.15, 0.2) is 0 Å². The van der Waals surface area contributed by atoms with Gasteiger partial charge in [-0.15, -0.1) is 0 Å². The van der Waals surface area contributed by atoms with Gasteiger partial charge in [0.2, 0.25) is 0 Å². The molecule has 4 rings (SSSR count). The van der Waals surface area contributed by atoms with Crippen molar-refractivity contribution in [1.29, 1.82) is 5.26 Å². The molecule has 0 aliphatic carbocycles. The Hall–Kier alpha value is -3.10. The van der Waals surface area contributed by atoms with E-state index in [1.807, 2.05) is 14.2 Å². The molecule has 0 bridgehead atoms. The van der Waals surface area contributed by atoms with Gasteiger partial charge in [0.1, 0.15) is 0 Å². The van der Waals surface area contributed by atoms with Crippen molar-refractivity contribution in [3.63, 3.8) is 0 Å². The third-order valence-electron chi connectivity index (χ3n) is 6.16. The van der Waals surface area contributed by atoms with Crippen LogP contribution in [0.2, 0.25) is 5.02 Å². The van der Waals surface area contributed by atoms with E-state index in [1.165, 1.54) is 30.7 Å². The second-order valence-corrected chi connectivity index (χ2v) is 11.4. The van der Waals surface area contributed by atoms with Crippen molar-refractivity contribution in [3.8, 4) is 6.07 Å². The molecular weight excluding hydrogens is 635 g/mol. The number of rotatable bonds is 10. The van der Waals surface area contributed by atoms with E-state index < -0.39 is 38.9 Å². The first-order valence-electron chi connectivity index (χ1n) is 12.6. The van der Waals surface area contributed by atoms with Crippen molar-refractivity contribution < 1.29 is 34.7 Å². The molecule has 0 saturated heterocycles. The van der Waals surface area contributed by atoms with Crippen LogP contribution < -0.4 is 26.5 Å². The van der Waals surface area contributed by atoms with Crippen LogP contribution >= 0.6 is 11.6 Å². The minimum atomic E-state index is -0.585. The quantitative estimate of drug-likeness (QED) is 0.249. The summed E-state index contributed by atoms with van der Waals surface area (Å²) < 4.78 is 39.6. The molecule has 3 aromatic rings. The number of hydrogen-bond acceptors (Lipinski definition) is 6. The first kappa shape index (κ1) is 28.9. The van der Waals surface area contributed by atoms with Gasteiger partial charge in [-0.05, 0) is 0 Å². The number of aromatic nitrogens is 2. The molecule has 1 aliphatic rings. The Labute approximate surface area is 242 Å². The van der Waals surface area contributed by atoms with Gasteiger partial charge in [-0.2, -0.15) is 5.26 Å². The number of benzene rings is 1. The molecule has 3 heterocycles. The van der Waals surface area contributed by atoms with Gasteiger partial charge in [-0.1, -0.05) is 0 Å².